The summed E-state index contributed by atoms with van der Waals surface area (Å²) < 4.78 is 0. The van der Waals surface area contributed by atoms with Crippen LogP contribution in [-0.4, -0.2) is 34.3 Å². The molecule has 0 aliphatic carbocycles. The second-order valence-electron chi connectivity index (χ2n) is 5.56. The molecule has 0 fully saturated rings. The zero-order chi connectivity index (χ0) is 13.2. The van der Waals surface area contributed by atoms with E-state index < -0.39 is 5.60 Å². The van der Waals surface area contributed by atoms with Crippen molar-refractivity contribution in [1.82, 2.24) is 9.97 Å². The van der Waals surface area contributed by atoms with Crippen molar-refractivity contribution in [1.29, 1.82) is 0 Å². The molecule has 1 rings (SSSR count). The van der Waals surface area contributed by atoms with Gasteiger partial charge in [-0.05, 0) is 32.8 Å². The molecule has 0 saturated carbocycles. The van der Waals surface area contributed by atoms with Gasteiger partial charge in [-0.2, -0.15) is 0 Å². The summed E-state index contributed by atoms with van der Waals surface area (Å²) in [5.41, 5.74) is 1.25. The van der Waals surface area contributed by atoms with E-state index in [1.165, 1.54) is 0 Å². The molecule has 0 unspecified atom stereocenters. The number of hydrogen-bond donors (Lipinski definition) is 1. The Kier molecular flexibility index (Phi) is 4.09. The second kappa shape index (κ2) is 5.00. The van der Waals surface area contributed by atoms with E-state index in [1.807, 2.05) is 24.9 Å². The lowest BCUT2D eigenvalue weighted by atomic mass is 10.1. The summed E-state index contributed by atoms with van der Waals surface area (Å²) in [5, 5.41) is 9.80. The van der Waals surface area contributed by atoms with Crippen LogP contribution in [0.5, 0.6) is 0 Å². The fraction of sp³-hybridized carbons (Fsp3) is 0.692. The molecule has 0 aliphatic heterocycles. The second-order valence-corrected chi connectivity index (χ2v) is 5.56. The molecule has 0 radical (unpaired) electrons. The molecule has 96 valence electrons. The van der Waals surface area contributed by atoms with Crippen LogP contribution in [0.15, 0.2) is 6.07 Å². The van der Waals surface area contributed by atoms with Crippen molar-refractivity contribution in [3.63, 3.8) is 0 Å². The first-order valence-electron chi connectivity index (χ1n) is 5.98. The van der Waals surface area contributed by atoms with E-state index in [2.05, 4.69) is 23.8 Å². The Morgan fingerprint density at radius 2 is 1.94 bits per heavy atom. The molecule has 0 aromatic carbocycles. The first-order valence-corrected chi connectivity index (χ1v) is 5.98. The highest BCUT2D eigenvalue weighted by molar-refractivity contribution is 5.32. The largest absolute Gasteiger partial charge is 0.389 e. The third-order valence-corrected chi connectivity index (χ3v) is 2.42. The van der Waals surface area contributed by atoms with Crippen LogP contribution in [0.4, 0.5) is 5.95 Å². The van der Waals surface area contributed by atoms with E-state index in [0.29, 0.717) is 18.4 Å². The summed E-state index contributed by atoms with van der Waals surface area (Å²) in [6, 6.07) is 2.01. The molecule has 4 heteroatoms. The Balaban J connectivity index is 2.97. The number of nitrogens with zero attached hydrogens (tertiary/aromatic N) is 3. The highest BCUT2D eigenvalue weighted by atomic mass is 16.3. The molecule has 1 aromatic heterocycles. The highest BCUT2D eigenvalue weighted by Crippen LogP contribution is 2.17. The molecule has 0 amide bonds. The smallest absolute Gasteiger partial charge is 0.225 e. The monoisotopic (exact) mass is 237 g/mol. The summed E-state index contributed by atoms with van der Waals surface area (Å²) in [7, 11) is 1.90. The molecule has 4 nitrogen and oxygen atoms in total. The van der Waals surface area contributed by atoms with Crippen LogP contribution in [-0.2, 0) is 0 Å². The SMILES string of the molecule is Cc1cc(C(C)C)nc(N(C)CC(C)(C)O)n1. The van der Waals surface area contributed by atoms with E-state index in [9.17, 15) is 5.11 Å². The first-order chi connectivity index (χ1) is 7.69. The van der Waals surface area contributed by atoms with Gasteiger partial charge in [0.2, 0.25) is 5.95 Å². The Morgan fingerprint density at radius 1 is 1.35 bits per heavy atom. The van der Waals surface area contributed by atoms with Gasteiger partial charge in [-0.25, -0.2) is 9.97 Å². The van der Waals surface area contributed by atoms with Gasteiger partial charge in [-0.1, -0.05) is 13.8 Å². The van der Waals surface area contributed by atoms with Crippen LogP contribution >= 0.6 is 0 Å². The number of hydrogen-bond acceptors (Lipinski definition) is 4. The molecular formula is C13H23N3O. The standard InChI is InChI=1S/C13H23N3O/c1-9(2)11-7-10(3)14-12(15-11)16(6)8-13(4,5)17/h7,9,17H,8H2,1-6H3. The quantitative estimate of drug-likeness (QED) is 0.871. The molecular weight excluding hydrogens is 214 g/mol. The number of anilines is 1. The minimum atomic E-state index is -0.750. The Labute approximate surface area is 104 Å². The average molecular weight is 237 g/mol. The zero-order valence-corrected chi connectivity index (χ0v) is 11.7. The molecule has 1 aromatic rings. The maximum Gasteiger partial charge on any atom is 0.225 e. The van der Waals surface area contributed by atoms with E-state index in [4.69, 9.17) is 0 Å². The molecule has 0 bridgehead atoms. The Hall–Kier alpha value is -1.16. The molecule has 1 N–H and O–H groups in total. The van der Waals surface area contributed by atoms with Gasteiger partial charge in [0.15, 0.2) is 0 Å². The third kappa shape index (κ3) is 4.30. The van der Waals surface area contributed by atoms with Gasteiger partial charge in [-0.15, -0.1) is 0 Å². The van der Waals surface area contributed by atoms with Gasteiger partial charge < -0.3 is 10.0 Å². The average Bonchev–Trinajstić information content (AvgIpc) is 2.13. The fourth-order valence-electron chi connectivity index (χ4n) is 1.69. The van der Waals surface area contributed by atoms with Gasteiger partial charge in [0.1, 0.15) is 0 Å². The van der Waals surface area contributed by atoms with Crippen LogP contribution in [0, 0.1) is 6.92 Å². The van der Waals surface area contributed by atoms with Crippen molar-refractivity contribution in [2.24, 2.45) is 0 Å². The maximum absolute atomic E-state index is 9.80. The van der Waals surface area contributed by atoms with Crippen molar-refractivity contribution in [2.75, 3.05) is 18.5 Å². The van der Waals surface area contributed by atoms with Crippen LogP contribution in [0.1, 0.15) is 45.0 Å². The minimum Gasteiger partial charge on any atom is -0.389 e. The predicted molar refractivity (Wildman–Crippen MR) is 70.4 cm³/mol. The zero-order valence-electron chi connectivity index (χ0n) is 11.7. The fourth-order valence-corrected chi connectivity index (χ4v) is 1.69. The summed E-state index contributed by atoms with van der Waals surface area (Å²) >= 11 is 0. The predicted octanol–water partition coefficient (Wildman–Crippen LogP) is 2.12. The Morgan fingerprint density at radius 3 is 2.41 bits per heavy atom. The summed E-state index contributed by atoms with van der Waals surface area (Å²) in [5.74, 6) is 1.06. The van der Waals surface area contributed by atoms with Crippen molar-refractivity contribution >= 4 is 5.95 Å². The van der Waals surface area contributed by atoms with Crippen LogP contribution < -0.4 is 4.90 Å². The summed E-state index contributed by atoms with van der Waals surface area (Å²) in [4.78, 5) is 10.8. The molecule has 0 spiro atoms. The molecule has 0 atom stereocenters. The van der Waals surface area contributed by atoms with Crippen molar-refractivity contribution in [3.05, 3.63) is 17.5 Å². The van der Waals surface area contributed by atoms with Crippen molar-refractivity contribution in [2.45, 2.75) is 46.1 Å². The van der Waals surface area contributed by atoms with Gasteiger partial charge in [0.25, 0.3) is 0 Å². The van der Waals surface area contributed by atoms with Crippen molar-refractivity contribution in [3.8, 4) is 0 Å². The third-order valence-electron chi connectivity index (χ3n) is 2.42. The molecule has 1 heterocycles. The number of aliphatic hydroxyl groups is 1. The van der Waals surface area contributed by atoms with Gasteiger partial charge in [0.05, 0.1) is 5.60 Å². The normalized spacial score (nSPS) is 12.0. The van der Waals surface area contributed by atoms with Gasteiger partial charge in [-0.3, -0.25) is 0 Å². The van der Waals surface area contributed by atoms with E-state index in [-0.39, 0.29) is 0 Å². The summed E-state index contributed by atoms with van der Waals surface area (Å²) in [6.07, 6.45) is 0. The van der Waals surface area contributed by atoms with Gasteiger partial charge >= 0.3 is 0 Å². The molecule has 17 heavy (non-hydrogen) atoms. The number of rotatable bonds is 4. The highest BCUT2D eigenvalue weighted by Gasteiger charge is 2.18. The van der Waals surface area contributed by atoms with E-state index in [1.54, 1.807) is 13.8 Å². The molecule has 0 aliphatic rings. The first kappa shape index (κ1) is 13.9. The van der Waals surface area contributed by atoms with Crippen LogP contribution in [0.25, 0.3) is 0 Å². The summed E-state index contributed by atoms with van der Waals surface area (Å²) in [6.45, 7) is 10.3. The number of likely N-dealkylation sites (N-methyl/N-ethyl adjacent to an activating group) is 1. The lowest BCUT2D eigenvalue weighted by Crippen LogP contribution is -2.37. The molecule has 0 saturated heterocycles. The van der Waals surface area contributed by atoms with Crippen molar-refractivity contribution < 1.29 is 5.11 Å². The lowest BCUT2D eigenvalue weighted by Gasteiger charge is -2.26. The minimum absolute atomic E-state index is 0.381. The number of aromatic nitrogens is 2. The van der Waals surface area contributed by atoms with E-state index >= 15 is 0 Å². The maximum atomic E-state index is 9.80. The topological polar surface area (TPSA) is 49.2 Å². The van der Waals surface area contributed by atoms with Crippen LogP contribution in [0.2, 0.25) is 0 Å². The van der Waals surface area contributed by atoms with Crippen LogP contribution in [0.3, 0.4) is 0 Å². The lowest BCUT2D eigenvalue weighted by molar-refractivity contribution is 0.0882. The van der Waals surface area contributed by atoms with Gasteiger partial charge in [0, 0.05) is 25.0 Å². The Bertz CT molecular complexity index is 383. The number of aryl methyl sites for hydroxylation is 1. The van der Waals surface area contributed by atoms with E-state index in [0.717, 1.165) is 11.4 Å².